The molecule has 144 valence electrons. The van der Waals surface area contributed by atoms with Gasteiger partial charge in [0, 0.05) is 17.7 Å². The van der Waals surface area contributed by atoms with Gasteiger partial charge in [-0.2, -0.15) is 0 Å². The van der Waals surface area contributed by atoms with E-state index in [0.717, 1.165) is 0 Å². The molecule has 10 heteroatoms. The molecule has 1 aromatic heterocycles. The highest BCUT2D eigenvalue weighted by molar-refractivity contribution is 7.80. The molecule has 0 fully saturated rings. The van der Waals surface area contributed by atoms with Crippen molar-refractivity contribution in [1.82, 2.24) is 10.3 Å². The smallest absolute Gasteiger partial charge is 0.270 e. The Hall–Kier alpha value is -3.11. The zero-order valence-electron chi connectivity index (χ0n) is 15.0. The maximum Gasteiger partial charge on any atom is 0.270 e. The van der Waals surface area contributed by atoms with E-state index >= 15 is 0 Å². The maximum absolute atomic E-state index is 12.4. The molecule has 0 saturated heterocycles. The second-order valence-electron chi connectivity index (χ2n) is 6.03. The van der Waals surface area contributed by atoms with Gasteiger partial charge in [-0.25, -0.2) is 4.98 Å². The Balaban J connectivity index is 1.67. The minimum Gasteiger partial charge on any atom is -0.491 e. The first-order valence-corrected chi connectivity index (χ1v) is 9.48. The molecule has 0 aliphatic rings. The Bertz CT molecular complexity index is 1060. The highest BCUT2D eigenvalue weighted by atomic mass is 32.1. The number of thiocarbonyl (C=S) groups is 1. The third-order valence-corrected chi connectivity index (χ3v) is 4.64. The van der Waals surface area contributed by atoms with Crippen LogP contribution in [0.2, 0.25) is 0 Å². The fourth-order valence-corrected chi connectivity index (χ4v) is 3.52. The van der Waals surface area contributed by atoms with Crippen molar-refractivity contribution >= 4 is 55.6 Å². The molecule has 2 N–H and O–H groups in total. The first-order chi connectivity index (χ1) is 13.3. The number of benzene rings is 2. The summed E-state index contributed by atoms with van der Waals surface area (Å²) in [5, 5.41) is 16.8. The van der Waals surface area contributed by atoms with Crippen molar-refractivity contribution in [3.8, 4) is 5.75 Å². The number of nitro groups is 1. The Morgan fingerprint density at radius 1 is 1.29 bits per heavy atom. The standard InChI is InChI=1S/C18H16N4O4S2/c1-10(2)26-13-5-3-4-11(8-13)16(23)20-17(27)21-18-19-14-7-6-12(22(24)25)9-15(14)28-18/h3-10H,1-2H3,(H2,19,20,21,23,27). The van der Waals surface area contributed by atoms with E-state index in [2.05, 4.69) is 15.6 Å². The Labute approximate surface area is 169 Å². The van der Waals surface area contributed by atoms with Gasteiger partial charge < -0.3 is 10.1 Å². The van der Waals surface area contributed by atoms with Gasteiger partial charge >= 0.3 is 0 Å². The lowest BCUT2D eigenvalue weighted by atomic mass is 10.2. The largest absolute Gasteiger partial charge is 0.491 e. The van der Waals surface area contributed by atoms with Gasteiger partial charge in [-0.05, 0) is 50.3 Å². The fraction of sp³-hybridized carbons (Fsp3) is 0.167. The van der Waals surface area contributed by atoms with E-state index in [0.29, 0.717) is 26.7 Å². The number of anilines is 1. The molecule has 0 unspecified atom stereocenters. The van der Waals surface area contributed by atoms with Crippen LogP contribution in [0.1, 0.15) is 24.2 Å². The first-order valence-electron chi connectivity index (χ1n) is 8.26. The fourth-order valence-electron chi connectivity index (χ4n) is 2.37. The van der Waals surface area contributed by atoms with Gasteiger partial charge in [0.1, 0.15) is 5.75 Å². The van der Waals surface area contributed by atoms with Crippen LogP contribution in [0, 0.1) is 10.1 Å². The van der Waals surface area contributed by atoms with E-state index in [1.165, 1.54) is 23.5 Å². The van der Waals surface area contributed by atoms with Crippen molar-refractivity contribution < 1.29 is 14.5 Å². The summed E-state index contributed by atoms with van der Waals surface area (Å²) in [6.07, 6.45) is -0.00378. The van der Waals surface area contributed by atoms with Gasteiger partial charge in [0.25, 0.3) is 11.6 Å². The Kier molecular flexibility index (Phi) is 5.81. The molecule has 0 radical (unpaired) electrons. The first kappa shape index (κ1) is 19.6. The minimum atomic E-state index is -0.464. The molecule has 0 aliphatic heterocycles. The van der Waals surface area contributed by atoms with Crippen molar-refractivity contribution in [3.05, 3.63) is 58.1 Å². The van der Waals surface area contributed by atoms with Crippen molar-refractivity contribution in [2.24, 2.45) is 0 Å². The Morgan fingerprint density at radius 2 is 2.07 bits per heavy atom. The van der Waals surface area contributed by atoms with E-state index in [1.54, 1.807) is 30.3 Å². The van der Waals surface area contributed by atoms with Crippen LogP contribution in [0.15, 0.2) is 42.5 Å². The molecular formula is C18H16N4O4S2. The number of non-ortho nitro benzene ring substituents is 1. The molecule has 0 atom stereocenters. The topological polar surface area (TPSA) is 106 Å². The molecule has 3 aromatic rings. The van der Waals surface area contributed by atoms with Crippen LogP contribution >= 0.6 is 23.6 Å². The number of nitrogens with zero attached hydrogens (tertiary/aromatic N) is 2. The summed E-state index contributed by atoms with van der Waals surface area (Å²) in [7, 11) is 0. The number of carbonyl (C=O) groups is 1. The number of nitrogens with one attached hydrogen (secondary N) is 2. The molecular weight excluding hydrogens is 400 g/mol. The van der Waals surface area contributed by atoms with Crippen LogP contribution in [0.3, 0.4) is 0 Å². The van der Waals surface area contributed by atoms with Gasteiger partial charge in [0.05, 0.1) is 21.2 Å². The molecule has 8 nitrogen and oxygen atoms in total. The summed E-state index contributed by atoms with van der Waals surface area (Å²) in [6.45, 7) is 3.80. The number of aromatic nitrogens is 1. The highest BCUT2D eigenvalue weighted by Crippen LogP contribution is 2.29. The van der Waals surface area contributed by atoms with Crippen LogP contribution in [0.5, 0.6) is 5.75 Å². The predicted molar refractivity (Wildman–Crippen MR) is 112 cm³/mol. The summed E-state index contributed by atoms with van der Waals surface area (Å²) < 4.78 is 6.22. The molecule has 0 saturated carbocycles. The average molecular weight is 416 g/mol. The van der Waals surface area contributed by atoms with Gasteiger partial charge in [-0.3, -0.25) is 20.2 Å². The second-order valence-corrected chi connectivity index (χ2v) is 7.47. The van der Waals surface area contributed by atoms with E-state index < -0.39 is 4.92 Å². The van der Waals surface area contributed by atoms with E-state index in [9.17, 15) is 14.9 Å². The monoisotopic (exact) mass is 416 g/mol. The van der Waals surface area contributed by atoms with Crippen LogP contribution < -0.4 is 15.4 Å². The lowest BCUT2D eigenvalue weighted by molar-refractivity contribution is -0.384. The van der Waals surface area contributed by atoms with Crippen molar-refractivity contribution in [2.75, 3.05) is 5.32 Å². The molecule has 0 aliphatic carbocycles. The normalized spacial score (nSPS) is 10.7. The number of ether oxygens (including phenoxy) is 1. The summed E-state index contributed by atoms with van der Waals surface area (Å²) in [5.41, 5.74) is 0.995. The number of rotatable bonds is 5. The zero-order valence-corrected chi connectivity index (χ0v) is 16.6. The average Bonchev–Trinajstić information content (AvgIpc) is 3.02. The molecule has 28 heavy (non-hydrogen) atoms. The maximum atomic E-state index is 12.4. The predicted octanol–water partition coefficient (Wildman–Crippen LogP) is 4.12. The summed E-state index contributed by atoms with van der Waals surface area (Å²) >= 11 is 6.38. The minimum absolute atomic E-state index is 0.00378. The number of nitro benzene ring substituents is 1. The van der Waals surface area contributed by atoms with E-state index in [4.69, 9.17) is 17.0 Å². The van der Waals surface area contributed by atoms with Crippen LogP contribution in [-0.4, -0.2) is 27.0 Å². The number of fused-ring (bicyclic) bond motifs is 1. The lowest BCUT2D eigenvalue weighted by Gasteiger charge is -2.11. The number of thiazole rings is 1. The molecule has 1 heterocycles. The lowest BCUT2D eigenvalue weighted by Crippen LogP contribution is -2.34. The van der Waals surface area contributed by atoms with Crippen molar-refractivity contribution in [3.63, 3.8) is 0 Å². The SMILES string of the molecule is CC(C)Oc1cccc(C(=O)NC(=S)Nc2nc3ccc([N+](=O)[O-])cc3s2)c1. The summed E-state index contributed by atoms with van der Waals surface area (Å²) in [4.78, 5) is 27.1. The van der Waals surface area contributed by atoms with Gasteiger partial charge in [0.2, 0.25) is 0 Å². The molecule has 0 spiro atoms. The number of amides is 1. The summed E-state index contributed by atoms with van der Waals surface area (Å²) in [6, 6.07) is 11.2. The van der Waals surface area contributed by atoms with E-state index in [-0.39, 0.29) is 22.8 Å². The number of carbonyl (C=O) groups excluding carboxylic acids is 1. The van der Waals surface area contributed by atoms with Crippen molar-refractivity contribution in [1.29, 1.82) is 0 Å². The Morgan fingerprint density at radius 3 is 2.79 bits per heavy atom. The molecule has 1 amide bonds. The third kappa shape index (κ3) is 4.78. The van der Waals surface area contributed by atoms with Gasteiger partial charge in [-0.15, -0.1) is 0 Å². The second kappa shape index (κ2) is 8.28. The number of hydrogen-bond acceptors (Lipinski definition) is 7. The van der Waals surface area contributed by atoms with E-state index in [1.807, 2.05) is 13.8 Å². The molecule has 0 bridgehead atoms. The zero-order chi connectivity index (χ0) is 20.3. The van der Waals surface area contributed by atoms with Crippen LogP contribution in [0.4, 0.5) is 10.8 Å². The van der Waals surface area contributed by atoms with Crippen LogP contribution in [0.25, 0.3) is 10.2 Å². The van der Waals surface area contributed by atoms with Crippen LogP contribution in [-0.2, 0) is 0 Å². The quantitative estimate of drug-likeness (QED) is 0.366. The molecule has 2 aromatic carbocycles. The highest BCUT2D eigenvalue weighted by Gasteiger charge is 2.13. The van der Waals surface area contributed by atoms with Crippen molar-refractivity contribution in [2.45, 2.75) is 20.0 Å². The summed E-state index contributed by atoms with van der Waals surface area (Å²) in [5.74, 6) is 0.206. The van der Waals surface area contributed by atoms with Gasteiger partial charge in [0.15, 0.2) is 10.2 Å². The van der Waals surface area contributed by atoms with Gasteiger partial charge in [-0.1, -0.05) is 17.4 Å². The number of hydrogen-bond donors (Lipinski definition) is 2. The third-order valence-electron chi connectivity index (χ3n) is 3.50. The molecule has 3 rings (SSSR count).